The average Bonchev–Trinajstić information content (AvgIpc) is 3.57. The molecule has 2 saturated heterocycles. The van der Waals surface area contributed by atoms with Crippen molar-refractivity contribution in [2.24, 2.45) is 5.41 Å². The normalized spacial score (nSPS) is 23.2. The summed E-state index contributed by atoms with van der Waals surface area (Å²) in [7, 11) is 0. The average molecular weight is 612 g/mol. The van der Waals surface area contributed by atoms with Crippen molar-refractivity contribution in [2.45, 2.75) is 63.0 Å². The molecule has 4 fully saturated rings. The van der Waals surface area contributed by atoms with Crippen LogP contribution < -0.4 is 4.74 Å². The van der Waals surface area contributed by atoms with Crippen LogP contribution in [0.15, 0.2) is 57.6 Å². The van der Waals surface area contributed by atoms with Gasteiger partial charge >= 0.3 is 12.3 Å². The molecule has 2 bridgehead atoms. The largest absolute Gasteiger partial charge is 0.573 e. The number of rotatable bonds is 10. The van der Waals surface area contributed by atoms with E-state index in [1.165, 1.54) is 30.3 Å². The molecule has 8 rings (SSSR count). The highest BCUT2D eigenvalue weighted by molar-refractivity contribution is 5.88. The fourth-order valence-corrected chi connectivity index (χ4v) is 6.10. The Morgan fingerprint density at radius 1 is 1.00 bits per heavy atom. The summed E-state index contributed by atoms with van der Waals surface area (Å²) >= 11 is 0. The SMILES string of the molecule is O=C(O)c1ccc(-c2noc(C34CCC(COCc5c(-c6ccccc6OC(F)(F)F)noc5C5CC5)(CC3)CO4)n2)cc1. The molecule has 2 saturated carbocycles. The van der Waals surface area contributed by atoms with Gasteiger partial charge in [-0.2, -0.15) is 4.98 Å². The minimum absolute atomic E-state index is 0.131. The lowest BCUT2D eigenvalue weighted by Gasteiger charge is -2.51. The number of ether oxygens (including phenoxy) is 3. The van der Waals surface area contributed by atoms with Crippen LogP contribution in [0.5, 0.6) is 5.75 Å². The summed E-state index contributed by atoms with van der Waals surface area (Å²) in [6, 6.07) is 12.1. The molecule has 4 heterocycles. The smallest absolute Gasteiger partial charge is 0.478 e. The van der Waals surface area contributed by atoms with Gasteiger partial charge in [0.1, 0.15) is 22.8 Å². The van der Waals surface area contributed by atoms with Crippen LogP contribution in [0.2, 0.25) is 0 Å². The van der Waals surface area contributed by atoms with Gasteiger partial charge < -0.3 is 28.4 Å². The van der Waals surface area contributed by atoms with E-state index >= 15 is 0 Å². The Balaban J connectivity index is 1.03. The van der Waals surface area contributed by atoms with Crippen LogP contribution in [0.1, 0.15) is 72.0 Å². The minimum atomic E-state index is -4.84. The summed E-state index contributed by atoms with van der Waals surface area (Å²) in [5, 5.41) is 17.4. The first-order valence-corrected chi connectivity index (χ1v) is 14.4. The Morgan fingerprint density at radius 2 is 1.75 bits per heavy atom. The molecular weight excluding hydrogens is 583 g/mol. The summed E-state index contributed by atoms with van der Waals surface area (Å²) in [5.41, 5.74) is 1.000. The highest BCUT2D eigenvalue weighted by Gasteiger charge is 2.53. The topological polar surface area (TPSA) is 130 Å². The van der Waals surface area contributed by atoms with Crippen LogP contribution in [-0.4, -0.2) is 45.9 Å². The lowest BCUT2D eigenvalue weighted by atomic mass is 9.66. The lowest BCUT2D eigenvalue weighted by Crippen LogP contribution is -2.51. The molecule has 4 aliphatic rings. The quantitative estimate of drug-likeness (QED) is 0.203. The second kappa shape index (κ2) is 10.7. The Kier molecular flexibility index (Phi) is 6.96. The van der Waals surface area contributed by atoms with Crippen molar-refractivity contribution in [3.05, 3.63) is 71.3 Å². The molecule has 2 aliphatic carbocycles. The number of carbonyl (C=O) groups is 1. The van der Waals surface area contributed by atoms with Gasteiger partial charge in [-0.1, -0.05) is 34.6 Å². The summed E-state index contributed by atoms with van der Waals surface area (Å²) < 4.78 is 67.4. The van der Waals surface area contributed by atoms with E-state index in [0.717, 1.165) is 25.7 Å². The van der Waals surface area contributed by atoms with Crippen LogP contribution in [-0.2, 0) is 21.7 Å². The lowest BCUT2D eigenvalue weighted by molar-refractivity contribution is -0.274. The molecule has 0 atom stereocenters. The van der Waals surface area contributed by atoms with Gasteiger partial charge in [0.05, 0.1) is 25.4 Å². The molecule has 0 spiro atoms. The van der Waals surface area contributed by atoms with Crippen LogP contribution in [0.4, 0.5) is 13.2 Å². The highest BCUT2D eigenvalue weighted by atomic mass is 19.4. The Morgan fingerprint density at radius 3 is 2.41 bits per heavy atom. The zero-order valence-electron chi connectivity index (χ0n) is 23.4. The molecule has 4 aromatic rings. The van der Waals surface area contributed by atoms with Gasteiger partial charge in [-0.25, -0.2) is 4.79 Å². The third-order valence-electron chi connectivity index (χ3n) is 8.77. The molecule has 13 heteroatoms. The maximum atomic E-state index is 13.1. The second-order valence-corrected chi connectivity index (χ2v) is 11.8. The first-order chi connectivity index (χ1) is 21.1. The molecule has 2 aromatic heterocycles. The summed E-state index contributed by atoms with van der Waals surface area (Å²) in [6.07, 6.45) is -0.0879. The number of aromatic carboxylic acids is 1. The van der Waals surface area contributed by atoms with Gasteiger partial charge in [0.2, 0.25) is 5.82 Å². The van der Waals surface area contributed by atoms with Gasteiger partial charge in [-0.15, -0.1) is 13.2 Å². The van der Waals surface area contributed by atoms with E-state index in [4.69, 9.17) is 23.6 Å². The van der Waals surface area contributed by atoms with Gasteiger partial charge in [-0.05, 0) is 62.8 Å². The molecule has 1 N–H and O–H groups in total. The number of hydrogen-bond donors (Lipinski definition) is 1. The van der Waals surface area contributed by atoms with E-state index in [9.17, 15) is 18.0 Å². The van der Waals surface area contributed by atoms with Crippen LogP contribution in [0, 0.1) is 5.41 Å². The Bertz CT molecular complexity index is 1650. The maximum Gasteiger partial charge on any atom is 0.573 e. The number of aromatic nitrogens is 3. The summed E-state index contributed by atoms with van der Waals surface area (Å²) in [4.78, 5) is 15.7. The van der Waals surface area contributed by atoms with Crippen molar-refractivity contribution in [1.82, 2.24) is 15.3 Å². The van der Waals surface area contributed by atoms with Crippen molar-refractivity contribution < 1.29 is 46.3 Å². The van der Waals surface area contributed by atoms with Crippen LogP contribution >= 0.6 is 0 Å². The number of carboxylic acids is 1. The number of fused-ring (bicyclic) bond motifs is 3. The van der Waals surface area contributed by atoms with E-state index in [0.29, 0.717) is 54.7 Å². The van der Waals surface area contributed by atoms with E-state index in [-0.39, 0.29) is 40.5 Å². The molecule has 2 aromatic carbocycles. The van der Waals surface area contributed by atoms with Gasteiger partial charge in [0.25, 0.3) is 5.89 Å². The molecule has 44 heavy (non-hydrogen) atoms. The number of halogens is 3. The molecular formula is C31H28F3N3O7. The molecule has 230 valence electrons. The van der Waals surface area contributed by atoms with Crippen molar-refractivity contribution >= 4 is 5.97 Å². The summed E-state index contributed by atoms with van der Waals surface area (Å²) in [5.74, 6) is 0.214. The molecule has 2 aliphatic heterocycles. The number of benzene rings is 2. The van der Waals surface area contributed by atoms with Crippen LogP contribution in [0.3, 0.4) is 0 Å². The maximum absolute atomic E-state index is 13.1. The van der Waals surface area contributed by atoms with Crippen molar-refractivity contribution in [3.63, 3.8) is 0 Å². The van der Waals surface area contributed by atoms with Crippen LogP contribution in [0.25, 0.3) is 22.6 Å². The first-order valence-electron chi connectivity index (χ1n) is 14.4. The van der Waals surface area contributed by atoms with E-state index in [1.54, 1.807) is 18.2 Å². The van der Waals surface area contributed by atoms with Crippen molar-refractivity contribution in [1.29, 1.82) is 0 Å². The number of carboxylic acid groups (broad SMARTS) is 1. The standard InChI is InChI=1S/C31H28F3N3O7/c32-31(33,34)42-23-4-2-1-3-21(23)24-22(25(43-36-24)18-5-6-18)15-40-16-29-11-13-30(14-12-29,41-17-29)28-35-26(37-44-28)19-7-9-20(10-8-19)27(38)39/h1-4,7-10,18H,5-6,11-17H2,(H,38,39). The van der Waals surface area contributed by atoms with Gasteiger partial charge in [0.15, 0.2) is 0 Å². The monoisotopic (exact) mass is 611 g/mol. The summed E-state index contributed by atoms with van der Waals surface area (Å²) in [6.45, 7) is 0.946. The number of alkyl halides is 3. The Hall–Kier alpha value is -4.23. The van der Waals surface area contributed by atoms with E-state index < -0.39 is 17.9 Å². The molecule has 0 radical (unpaired) electrons. The zero-order valence-corrected chi connectivity index (χ0v) is 23.4. The minimum Gasteiger partial charge on any atom is -0.478 e. The number of para-hydroxylation sites is 1. The highest BCUT2D eigenvalue weighted by Crippen LogP contribution is 2.54. The molecule has 0 unspecified atom stereocenters. The van der Waals surface area contributed by atoms with Gasteiger partial charge in [0, 0.05) is 28.0 Å². The predicted octanol–water partition coefficient (Wildman–Crippen LogP) is 6.87. The van der Waals surface area contributed by atoms with E-state index in [2.05, 4.69) is 20.0 Å². The number of nitrogens with zero attached hydrogens (tertiary/aromatic N) is 3. The van der Waals surface area contributed by atoms with E-state index in [1.807, 2.05) is 0 Å². The third-order valence-corrected chi connectivity index (χ3v) is 8.77. The number of hydrogen-bond acceptors (Lipinski definition) is 9. The molecule has 0 amide bonds. The fourth-order valence-electron chi connectivity index (χ4n) is 6.10. The van der Waals surface area contributed by atoms with Crippen molar-refractivity contribution in [2.75, 3.05) is 13.2 Å². The van der Waals surface area contributed by atoms with Crippen molar-refractivity contribution in [3.8, 4) is 28.4 Å². The van der Waals surface area contributed by atoms with Gasteiger partial charge in [-0.3, -0.25) is 0 Å². The predicted molar refractivity (Wildman–Crippen MR) is 145 cm³/mol. The fraction of sp³-hybridized carbons (Fsp3) is 0.419. The zero-order chi connectivity index (χ0) is 30.5. The Labute approximate surface area is 249 Å². The second-order valence-electron chi connectivity index (χ2n) is 11.8. The first kappa shape index (κ1) is 28.5. The molecule has 10 nitrogen and oxygen atoms in total. The third kappa shape index (κ3) is 5.45.